The Bertz CT molecular complexity index is 621. The van der Waals surface area contributed by atoms with Gasteiger partial charge in [-0.25, -0.2) is 0 Å². The molecule has 130 valence electrons. The van der Waals surface area contributed by atoms with Crippen molar-refractivity contribution in [1.29, 1.82) is 0 Å². The van der Waals surface area contributed by atoms with Gasteiger partial charge in [-0.3, -0.25) is 14.5 Å². The van der Waals surface area contributed by atoms with Gasteiger partial charge in [0.25, 0.3) is 11.8 Å². The van der Waals surface area contributed by atoms with E-state index in [1.807, 2.05) is 13.8 Å². The highest BCUT2D eigenvalue weighted by Gasteiger charge is 2.38. The Morgan fingerprint density at radius 2 is 1.75 bits per heavy atom. The van der Waals surface area contributed by atoms with Crippen molar-refractivity contribution in [2.75, 3.05) is 26.4 Å². The second kappa shape index (κ2) is 8.49. The Kier molecular flexibility index (Phi) is 6.37. The SMILES string of the molecule is CCCOc1ccc(C2=C(O)C(=O)N(CCCOCC)C2=O)cc1. The molecule has 1 aliphatic heterocycles. The predicted octanol–water partition coefficient (Wildman–Crippen LogP) is 2.54. The van der Waals surface area contributed by atoms with Crippen LogP contribution in [0.25, 0.3) is 5.57 Å². The van der Waals surface area contributed by atoms with Gasteiger partial charge in [-0.1, -0.05) is 19.1 Å². The first-order valence-corrected chi connectivity index (χ1v) is 8.20. The van der Waals surface area contributed by atoms with Crippen LogP contribution in [0.4, 0.5) is 0 Å². The maximum Gasteiger partial charge on any atom is 0.296 e. The molecule has 24 heavy (non-hydrogen) atoms. The molecule has 0 unspecified atom stereocenters. The Morgan fingerprint density at radius 3 is 2.38 bits per heavy atom. The monoisotopic (exact) mass is 333 g/mol. The molecule has 1 aromatic carbocycles. The zero-order valence-corrected chi connectivity index (χ0v) is 14.1. The number of hydrogen-bond donors (Lipinski definition) is 1. The maximum absolute atomic E-state index is 12.5. The Hall–Kier alpha value is -2.34. The van der Waals surface area contributed by atoms with Crippen molar-refractivity contribution in [1.82, 2.24) is 4.90 Å². The third-order valence-corrected chi connectivity index (χ3v) is 3.63. The molecule has 1 N–H and O–H groups in total. The van der Waals surface area contributed by atoms with E-state index in [0.29, 0.717) is 37.6 Å². The number of aliphatic hydroxyl groups is 1. The van der Waals surface area contributed by atoms with Gasteiger partial charge in [-0.2, -0.15) is 0 Å². The Labute approximate surface area is 141 Å². The first-order chi connectivity index (χ1) is 11.6. The molecule has 0 aromatic heterocycles. The fourth-order valence-corrected chi connectivity index (χ4v) is 2.43. The van der Waals surface area contributed by atoms with E-state index < -0.39 is 17.6 Å². The summed E-state index contributed by atoms with van der Waals surface area (Å²) in [5.74, 6) is -0.946. The van der Waals surface area contributed by atoms with Crippen LogP contribution < -0.4 is 4.74 Å². The normalized spacial score (nSPS) is 14.7. The number of hydrogen-bond acceptors (Lipinski definition) is 5. The number of nitrogens with zero attached hydrogens (tertiary/aromatic N) is 1. The van der Waals surface area contributed by atoms with Crippen molar-refractivity contribution in [2.24, 2.45) is 0 Å². The first kappa shape index (κ1) is 18.0. The third-order valence-electron chi connectivity index (χ3n) is 3.63. The van der Waals surface area contributed by atoms with Crippen molar-refractivity contribution in [3.63, 3.8) is 0 Å². The molecule has 0 bridgehead atoms. The molecule has 0 fully saturated rings. The number of ether oxygens (including phenoxy) is 2. The van der Waals surface area contributed by atoms with Crippen molar-refractivity contribution in [2.45, 2.75) is 26.7 Å². The van der Waals surface area contributed by atoms with Gasteiger partial charge < -0.3 is 14.6 Å². The summed E-state index contributed by atoms with van der Waals surface area (Å²) < 4.78 is 10.7. The van der Waals surface area contributed by atoms with E-state index in [1.165, 1.54) is 0 Å². The van der Waals surface area contributed by atoms with Crippen LogP contribution >= 0.6 is 0 Å². The average Bonchev–Trinajstić information content (AvgIpc) is 2.80. The van der Waals surface area contributed by atoms with Crippen LogP contribution in [0.15, 0.2) is 30.0 Å². The fourth-order valence-electron chi connectivity index (χ4n) is 2.43. The summed E-state index contributed by atoms with van der Waals surface area (Å²) in [6, 6.07) is 6.79. The number of rotatable bonds is 9. The summed E-state index contributed by atoms with van der Waals surface area (Å²) in [4.78, 5) is 25.6. The lowest BCUT2D eigenvalue weighted by molar-refractivity contribution is -0.138. The first-order valence-electron chi connectivity index (χ1n) is 8.20. The Balaban J connectivity index is 2.09. The molecule has 1 heterocycles. The van der Waals surface area contributed by atoms with E-state index in [9.17, 15) is 14.7 Å². The van der Waals surface area contributed by atoms with E-state index in [2.05, 4.69) is 0 Å². The van der Waals surface area contributed by atoms with E-state index >= 15 is 0 Å². The minimum absolute atomic E-state index is 0.0402. The molecule has 6 heteroatoms. The van der Waals surface area contributed by atoms with Gasteiger partial charge in [0.1, 0.15) is 5.75 Å². The smallest absolute Gasteiger partial charge is 0.296 e. The minimum Gasteiger partial charge on any atom is -0.502 e. The topological polar surface area (TPSA) is 76.1 Å². The molecule has 2 rings (SSSR count). The average molecular weight is 333 g/mol. The standard InChI is InChI=1S/C18H23NO5/c1-3-11-24-14-8-6-13(7-9-14)15-16(20)18(22)19(17(15)21)10-5-12-23-4-2/h6-9,20H,3-5,10-12H2,1-2H3. The predicted molar refractivity (Wildman–Crippen MR) is 89.6 cm³/mol. The summed E-state index contributed by atoms with van der Waals surface area (Å²) in [5, 5.41) is 10.1. The van der Waals surface area contributed by atoms with E-state index in [4.69, 9.17) is 9.47 Å². The van der Waals surface area contributed by atoms with E-state index in [-0.39, 0.29) is 12.1 Å². The molecule has 2 amide bonds. The lowest BCUT2D eigenvalue weighted by Gasteiger charge is -2.14. The van der Waals surface area contributed by atoms with E-state index in [1.54, 1.807) is 24.3 Å². The maximum atomic E-state index is 12.5. The van der Waals surface area contributed by atoms with Crippen LogP contribution in [-0.2, 0) is 14.3 Å². The second-order valence-corrected chi connectivity index (χ2v) is 5.41. The number of imide groups is 1. The van der Waals surface area contributed by atoms with Crippen LogP contribution in [0.3, 0.4) is 0 Å². The number of aliphatic hydroxyl groups excluding tert-OH is 1. The minimum atomic E-state index is -0.655. The van der Waals surface area contributed by atoms with Gasteiger partial charge >= 0.3 is 0 Å². The highest BCUT2D eigenvalue weighted by molar-refractivity contribution is 6.34. The fraction of sp³-hybridized carbons (Fsp3) is 0.444. The summed E-state index contributed by atoms with van der Waals surface area (Å²) in [6.45, 7) is 5.78. The summed E-state index contributed by atoms with van der Waals surface area (Å²) in [6.07, 6.45) is 1.44. The van der Waals surface area contributed by atoms with Gasteiger partial charge in [0.2, 0.25) is 0 Å². The molecule has 0 spiro atoms. The Morgan fingerprint density at radius 1 is 1.04 bits per heavy atom. The lowest BCUT2D eigenvalue weighted by atomic mass is 10.1. The van der Waals surface area contributed by atoms with Crippen molar-refractivity contribution < 1.29 is 24.2 Å². The molecule has 0 radical (unpaired) electrons. The van der Waals surface area contributed by atoms with E-state index in [0.717, 1.165) is 11.3 Å². The van der Waals surface area contributed by atoms with Crippen LogP contribution in [0.1, 0.15) is 32.3 Å². The molecular formula is C18H23NO5. The number of benzene rings is 1. The van der Waals surface area contributed by atoms with Crippen LogP contribution in [0.5, 0.6) is 5.75 Å². The van der Waals surface area contributed by atoms with Crippen molar-refractivity contribution in [3.8, 4) is 5.75 Å². The molecule has 0 saturated heterocycles. The van der Waals surface area contributed by atoms with Gasteiger partial charge in [0, 0.05) is 19.8 Å². The second-order valence-electron chi connectivity index (χ2n) is 5.41. The summed E-state index contributed by atoms with van der Waals surface area (Å²) in [5.41, 5.74) is 0.542. The highest BCUT2D eigenvalue weighted by atomic mass is 16.5. The lowest BCUT2D eigenvalue weighted by Crippen LogP contribution is -2.33. The van der Waals surface area contributed by atoms with Gasteiger partial charge in [-0.15, -0.1) is 0 Å². The number of carbonyl (C=O) groups is 2. The highest BCUT2D eigenvalue weighted by Crippen LogP contribution is 2.29. The third kappa shape index (κ3) is 3.94. The quantitative estimate of drug-likeness (QED) is 0.555. The van der Waals surface area contributed by atoms with Crippen molar-refractivity contribution in [3.05, 3.63) is 35.6 Å². The molecule has 6 nitrogen and oxygen atoms in total. The zero-order valence-electron chi connectivity index (χ0n) is 14.1. The number of carbonyl (C=O) groups excluding carboxylic acids is 2. The van der Waals surface area contributed by atoms with Gasteiger partial charge in [-0.05, 0) is 37.5 Å². The molecule has 0 atom stereocenters. The molecule has 0 saturated carbocycles. The van der Waals surface area contributed by atoms with Crippen LogP contribution in [0, 0.1) is 0 Å². The number of amides is 2. The van der Waals surface area contributed by atoms with Gasteiger partial charge in [0.15, 0.2) is 5.76 Å². The van der Waals surface area contributed by atoms with Crippen LogP contribution in [-0.4, -0.2) is 48.2 Å². The molecule has 0 aliphatic carbocycles. The van der Waals surface area contributed by atoms with Crippen LogP contribution in [0.2, 0.25) is 0 Å². The molecular weight excluding hydrogens is 310 g/mol. The largest absolute Gasteiger partial charge is 0.502 e. The summed E-state index contributed by atoms with van der Waals surface area (Å²) >= 11 is 0. The molecule has 1 aromatic rings. The van der Waals surface area contributed by atoms with Gasteiger partial charge in [0.05, 0.1) is 12.2 Å². The van der Waals surface area contributed by atoms with Crippen molar-refractivity contribution >= 4 is 17.4 Å². The zero-order chi connectivity index (χ0) is 17.5. The molecule has 1 aliphatic rings. The summed E-state index contributed by atoms with van der Waals surface area (Å²) in [7, 11) is 0.